The predicted molar refractivity (Wildman–Crippen MR) is 79.9 cm³/mol. The largest absolute Gasteiger partial charge is 0.218 e. The van der Waals surface area contributed by atoms with Crippen LogP contribution in [-0.2, 0) is 0 Å². The lowest BCUT2D eigenvalue weighted by atomic mass is 10.3. The lowest BCUT2D eigenvalue weighted by molar-refractivity contribution is 0.585. The van der Waals surface area contributed by atoms with Gasteiger partial charge >= 0.3 is 0 Å². The summed E-state index contributed by atoms with van der Waals surface area (Å²) < 4.78 is 26.6. The van der Waals surface area contributed by atoms with Crippen LogP contribution in [0.3, 0.4) is 0 Å². The zero-order valence-electron chi connectivity index (χ0n) is 11.2. The van der Waals surface area contributed by atoms with Crippen LogP contribution >= 0.6 is 28.3 Å². The average Bonchev–Trinajstić information content (AvgIpc) is 2.84. The standard InChI is InChI=1S/C8H4BrF2N3S.2C2H6/c9-5-4-14(15-11)13-8(5)6-2-1-3-7(10)12-6;2*1-2/h1-4H;2*1-2H3. The molecule has 0 saturated heterocycles. The zero-order chi connectivity index (χ0) is 14.8. The van der Waals surface area contributed by atoms with Crippen LogP contribution in [0.4, 0.5) is 8.28 Å². The maximum atomic E-state index is 12.8. The van der Waals surface area contributed by atoms with Crippen molar-refractivity contribution in [2.24, 2.45) is 0 Å². The third kappa shape index (κ3) is 5.28. The number of hydrogen-bond acceptors (Lipinski definition) is 3. The van der Waals surface area contributed by atoms with Gasteiger partial charge in [-0.3, -0.25) is 0 Å². The first-order valence-electron chi connectivity index (χ1n) is 5.88. The Bertz CT molecular complexity index is 492. The second-order valence-electron chi connectivity index (χ2n) is 2.64. The Kier molecular flexibility index (Phi) is 9.42. The summed E-state index contributed by atoms with van der Waals surface area (Å²) in [5.41, 5.74) is 0.759. The van der Waals surface area contributed by atoms with Gasteiger partial charge in [0.1, 0.15) is 5.69 Å². The van der Waals surface area contributed by atoms with E-state index in [1.807, 2.05) is 27.7 Å². The van der Waals surface area contributed by atoms with Crippen LogP contribution in [0.1, 0.15) is 27.7 Å². The Morgan fingerprint density at radius 2 is 1.84 bits per heavy atom. The molecule has 0 aliphatic rings. The quantitative estimate of drug-likeness (QED) is 0.689. The van der Waals surface area contributed by atoms with Crippen molar-refractivity contribution in [3.05, 3.63) is 34.8 Å². The van der Waals surface area contributed by atoms with Gasteiger partial charge in [-0.15, -0.1) is 3.89 Å². The molecule has 0 amide bonds. The molecule has 0 N–H and O–H groups in total. The third-order valence-corrected chi connectivity index (χ3v) is 2.59. The molecule has 0 bridgehead atoms. The molecular weight excluding hydrogens is 336 g/mol. The molecule has 0 fully saturated rings. The number of hydrogen-bond donors (Lipinski definition) is 0. The molecule has 2 heterocycles. The van der Waals surface area contributed by atoms with Crippen LogP contribution in [0.15, 0.2) is 28.9 Å². The molecule has 0 saturated carbocycles. The van der Waals surface area contributed by atoms with E-state index in [9.17, 15) is 8.28 Å². The van der Waals surface area contributed by atoms with Gasteiger partial charge in [0.15, 0.2) is 12.3 Å². The second kappa shape index (κ2) is 9.91. The first-order chi connectivity index (χ1) is 9.20. The van der Waals surface area contributed by atoms with E-state index in [0.29, 0.717) is 15.9 Å². The van der Waals surface area contributed by atoms with Crippen LogP contribution in [0, 0.1) is 5.95 Å². The average molecular weight is 352 g/mol. The highest BCUT2D eigenvalue weighted by Gasteiger charge is 2.11. The second-order valence-corrected chi connectivity index (χ2v) is 4.01. The van der Waals surface area contributed by atoms with E-state index >= 15 is 0 Å². The Morgan fingerprint density at radius 1 is 1.21 bits per heavy atom. The fourth-order valence-electron chi connectivity index (χ4n) is 1.08. The molecule has 2 rings (SSSR count). The minimum atomic E-state index is -0.596. The Labute approximate surface area is 125 Å². The van der Waals surface area contributed by atoms with Gasteiger partial charge in [-0.1, -0.05) is 33.8 Å². The molecular formula is C12H16BrF2N3S. The van der Waals surface area contributed by atoms with Crippen molar-refractivity contribution in [1.82, 2.24) is 14.2 Å². The van der Waals surface area contributed by atoms with Gasteiger partial charge in [0, 0.05) is 0 Å². The van der Waals surface area contributed by atoms with Crippen molar-refractivity contribution in [3.8, 4) is 11.4 Å². The van der Waals surface area contributed by atoms with Crippen molar-refractivity contribution in [1.29, 1.82) is 0 Å². The number of rotatable bonds is 2. The van der Waals surface area contributed by atoms with Crippen molar-refractivity contribution in [3.63, 3.8) is 0 Å². The van der Waals surface area contributed by atoms with Gasteiger partial charge in [-0.25, -0.2) is 4.98 Å². The summed E-state index contributed by atoms with van der Waals surface area (Å²) in [6.07, 6.45) is 1.44. The lowest BCUT2D eigenvalue weighted by Gasteiger charge is -1.95. The normalized spacial score (nSPS) is 9.00. The van der Waals surface area contributed by atoms with Crippen LogP contribution in [0.25, 0.3) is 11.4 Å². The molecule has 0 unspecified atom stereocenters. The monoisotopic (exact) mass is 351 g/mol. The number of halogens is 3. The Hall–Kier alpha value is -0.950. The van der Waals surface area contributed by atoms with Gasteiger partial charge in [-0.05, 0) is 28.1 Å². The van der Waals surface area contributed by atoms with Gasteiger partial charge < -0.3 is 0 Å². The van der Waals surface area contributed by atoms with E-state index in [2.05, 4.69) is 26.0 Å². The van der Waals surface area contributed by atoms with Crippen molar-refractivity contribution >= 4 is 28.3 Å². The molecule has 2 aromatic heterocycles. The molecule has 0 radical (unpaired) electrons. The minimum Gasteiger partial charge on any atom is -0.218 e. The van der Waals surface area contributed by atoms with Gasteiger partial charge in [0.2, 0.25) is 5.95 Å². The SMILES string of the molecule is CC.CC.FSn1cc(Br)c(-c2cccc(F)n2)n1. The summed E-state index contributed by atoms with van der Waals surface area (Å²) in [5.74, 6) is -0.596. The molecule has 7 heteroatoms. The maximum Gasteiger partial charge on any atom is 0.213 e. The topological polar surface area (TPSA) is 30.7 Å². The minimum absolute atomic E-state index is 0.0433. The summed E-state index contributed by atoms with van der Waals surface area (Å²) in [5, 5.41) is 3.87. The van der Waals surface area contributed by atoms with E-state index in [-0.39, 0.29) is 12.3 Å². The summed E-state index contributed by atoms with van der Waals surface area (Å²) in [6, 6.07) is 4.35. The zero-order valence-corrected chi connectivity index (χ0v) is 13.6. The Morgan fingerprint density at radius 3 is 2.32 bits per heavy atom. The summed E-state index contributed by atoms with van der Waals surface area (Å²) in [4.78, 5) is 3.65. The molecule has 19 heavy (non-hydrogen) atoms. The van der Waals surface area contributed by atoms with Gasteiger partial charge in [0.25, 0.3) is 0 Å². The van der Waals surface area contributed by atoms with Gasteiger partial charge in [-0.2, -0.15) is 13.6 Å². The number of pyridine rings is 1. The summed E-state index contributed by atoms with van der Waals surface area (Å²) in [7, 11) is 0. The molecule has 2 aromatic rings. The van der Waals surface area contributed by atoms with Crippen molar-refractivity contribution in [2.75, 3.05) is 0 Å². The third-order valence-electron chi connectivity index (χ3n) is 1.68. The lowest BCUT2D eigenvalue weighted by Crippen LogP contribution is -1.89. The molecule has 0 atom stereocenters. The van der Waals surface area contributed by atoms with Crippen LogP contribution < -0.4 is 0 Å². The number of aromatic nitrogens is 3. The molecule has 106 valence electrons. The molecule has 0 aliphatic heterocycles. The highest BCUT2D eigenvalue weighted by atomic mass is 79.9. The van der Waals surface area contributed by atoms with Gasteiger partial charge in [0.05, 0.1) is 16.4 Å². The molecule has 0 aliphatic carbocycles. The van der Waals surface area contributed by atoms with E-state index in [1.54, 1.807) is 6.07 Å². The highest BCUT2D eigenvalue weighted by molar-refractivity contribution is 9.10. The first-order valence-corrected chi connectivity index (χ1v) is 7.34. The van der Waals surface area contributed by atoms with E-state index in [4.69, 9.17) is 0 Å². The van der Waals surface area contributed by atoms with Crippen LogP contribution in [0.5, 0.6) is 0 Å². The Balaban J connectivity index is 0.000000741. The van der Waals surface area contributed by atoms with E-state index in [0.717, 1.165) is 4.09 Å². The van der Waals surface area contributed by atoms with Crippen LogP contribution in [0.2, 0.25) is 0 Å². The summed E-state index contributed by atoms with van der Waals surface area (Å²) in [6.45, 7) is 8.00. The van der Waals surface area contributed by atoms with Crippen molar-refractivity contribution in [2.45, 2.75) is 27.7 Å². The first kappa shape index (κ1) is 18.0. The fourth-order valence-corrected chi connectivity index (χ4v) is 1.95. The predicted octanol–water partition coefficient (Wildman–Crippen LogP) is 5.28. The number of nitrogens with zero attached hydrogens (tertiary/aromatic N) is 3. The van der Waals surface area contributed by atoms with E-state index in [1.165, 1.54) is 18.3 Å². The molecule has 0 spiro atoms. The van der Waals surface area contributed by atoms with Crippen molar-refractivity contribution < 1.29 is 8.28 Å². The summed E-state index contributed by atoms with van der Waals surface area (Å²) >= 11 is 3.15. The maximum absolute atomic E-state index is 12.8. The molecule has 3 nitrogen and oxygen atoms in total. The highest BCUT2D eigenvalue weighted by Crippen LogP contribution is 2.26. The van der Waals surface area contributed by atoms with E-state index < -0.39 is 5.95 Å². The van der Waals surface area contributed by atoms with Crippen LogP contribution in [-0.4, -0.2) is 14.2 Å². The smallest absolute Gasteiger partial charge is 0.213 e. The molecule has 0 aromatic carbocycles. The fraction of sp³-hybridized carbons (Fsp3) is 0.333.